The van der Waals surface area contributed by atoms with E-state index in [-0.39, 0.29) is 5.56 Å². The highest BCUT2D eigenvalue weighted by molar-refractivity contribution is 5.95. The highest BCUT2D eigenvalue weighted by Gasteiger charge is 2.39. The van der Waals surface area contributed by atoms with E-state index in [0.717, 1.165) is 47.7 Å². The molecule has 0 radical (unpaired) electrons. The van der Waals surface area contributed by atoms with E-state index in [2.05, 4.69) is 45.2 Å². The minimum atomic E-state index is -0.110. The van der Waals surface area contributed by atoms with E-state index in [1.54, 1.807) is 12.3 Å². The van der Waals surface area contributed by atoms with Crippen LogP contribution in [0.2, 0.25) is 0 Å². The zero-order chi connectivity index (χ0) is 20.9. The molecule has 3 aromatic rings. The molecule has 0 saturated carbocycles. The number of hydrogen-bond donors (Lipinski definition) is 2. The van der Waals surface area contributed by atoms with Crippen molar-refractivity contribution in [2.24, 2.45) is 11.8 Å². The molecule has 0 spiro atoms. The number of H-pyrrole nitrogens is 2. The van der Waals surface area contributed by atoms with Crippen molar-refractivity contribution in [1.82, 2.24) is 20.1 Å². The molecular formula is C25H28N4O2. The van der Waals surface area contributed by atoms with Crippen LogP contribution in [-0.2, 0) is 4.74 Å². The van der Waals surface area contributed by atoms with E-state index in [0.29, 0.717) is 12.0 Å². The van der Waals surface area contributed by atoms with Crippen LogP contribution in [-0.4, -0.2) is 52.4 Å². The van der Waals surface area contributed by atoms with Gasteiger partial charge in [0.15, 0.2) is 0 Å². The van der Waals surface area contributed by atoms with Crippen molar-refractivity contribution in [2.45, 2.75) is 32.2 Å². The molecule has 0 amide bonds. The predicted octanol–water partition coefficient (Wildman–Crippen LogP) is 3.74. The van der Waals surface area contributed by atoms with Gasteiger partial charge in [-0.05, 0) is 72.9 Å². The molecule has 0 unspecified atom stereocenters. The number of aromatic amines is 2. The Balaban J connectivity index is 1.31. The van der Waals surface area contributed by atoms with Crippen LogP contribution in [0.25, 0.3) is 27.7 Å². The van der Waals surface area contributed by atoms with E-state index in [1.807, 2.05) is 6.07 Å². The molecular weight excluding hydrogens is 388 g/mol. The van der Waals surface area contributed by atoms with Gasteiger partial charge >= 0.3 is 0 Å². The van der Waals surface area contributed by atoms with Gasteiger partial charge in [0.05, 0.1) is 5.52 Å². The molecule has 3 aliphatic rings. The largest absolute Gasteiger partial charge is 0.381 e. The van der Waals surface area contributed by atoms with Crippen molar-refractivity contribution in [1.29, 1.82) is 0 Å². The lowest BCUT2D eigenvalue weighted by molar-refractivity contribution is 0.0406. The van der Waals surface area contributed by atoms with Crippen LogP contribution >= 0.6 is 0 Å². The predicted molar refractivity (Wildman–Crippen MR) is 122 cm³/mol. The van der Waals surface area contributed by atoms with Crippen LogP contribution in [0.4, 0.5) is 0 Å². The lowest BCUT2D eigenvalue weighted by Crippen LogP contribution is -2.38. The molecule has 2 fully saturated rings. The molecule has 2 saturated heterocycles. The van der Waals surface area contributed by atoms with Crippen molar-refractivity contribution in [3.05, 3.63) is 58.0 Å². The molecule has 1 aliphatic carbocycles. The number of likely N-dealkylation sites (tertiary alicyclic amines) is 1. The van der Waals surface area contributed by atoms with Crippen molar-refractivity contribution in [3.8, 4) is 11.3 Å². The Morgan fingerprint density at radius 1 is 1.16 bits per heavy atom. The summed E-state index contributed by atoms with van der Waals surface area (Å²) in [6.07, 6.45) is 7.72. The lowest BCUT2D eigenvalue weighted by Gasteiger charge is -2.31. The SMILES string of the molecule is Cc1cc2[nH]nc(-c3cc[nH]c(=O)c3)c2cc1C1=C[C@@H]2CN(C3CCOCC3)C[C@@H]2C1. The quantitative estimate of drug-likeness (QED) is 0.682. The summed E-state index contributed by atoms with van der Waals surface area (Å²) in [4.78, 5) is 17.2. The second-order valence-electron chi connectivity index (χ2n) is 9.34. The van der Waals surface area contributed by atoms with Gasteiger partial charge in [-0.2, -0.15) is 5.10 Å². The zero-order valence-corrected chi connectivity index (χ0v) is 17.9. The standard InChI is InChI=1S/C25H28N4O2/c1-15-8-23-22(25(28-27-23)16-2-5-26-24(30)11-16)12-21(15)17-9-18-13-29(14-19(18)10-17)20-3-6-31-7-4-20/h2,5,8-9,11-12,18-20H,3-4,6-7,10,13-14H2,1H3,(H,26,30)(H,27,28)/t18-,19+/m1/s1. The van der Waals surface area contributed by atoms with Gasteiger partial charge in [0.1, 0.15) is 5.69 Å². The second kappa shape index (κ2) is 7.46. The van der Waals surface area contributed by atoms with Gasteiger partial charge in [0.25, 0.3) is 0 Å². The summed E-state index contributed by atoms with van der Waals surface area (Å²) in [5.74, 6) is 1.38. The zero-order valence-electron chi connectivity index (χ0n) is 17.9. The van der Waals surface area contributed by atoms with Crippen molar-refractivity contribution in [2.75, 3.05) is 26.3 Å². The highest BCUT2D eigenvalue weighted by Crippen LogP contribution is 2.44. The van der Waals surface area contributed by atoms with E-state index >= 15 is 0 Å². The van der Waals surface area contributed by atoms with Crippen molar-refractivity contribution < 1.29 is 4.74 Å². The first kappa shape index (κ1) is 19.0. The molecule has 0 bridgehead atoms. The summed E-state index contributed by atoms with van der Waals surface area (Å²) < 4.78 is 5.55. The fourth-order valence-corrected chi connectivity index (χ4v) is 5.82. The fourth-order valence-electron chi connectivity index (χ4n) is 5.82. The Kier molecular flexibility index (Phi) is 4.58. The number of hydrogen-bond acceptors (Lipinski definition) is 4. The average molecular weight is 417 g/mol. The van der Waals surface area contributed by atoms with Gasteiger partial charge in [-0.15, -0.1) is 0 Å². The molecule has 31 heavy (non-hydrogen) atoms. The van der Waals surface area contributed by atoms with Crippen LogP contribution in [0, 0.1) is 18.8 Å². The van der Waals surface area contributed by atoms with Crippen LogP contribution in [0.1, 0.15) is 30.4 Å². The van der Waals surface area contributed by atoms with Crippen molar-refractivity contribution >= 4 is 16.5 Å². The first-order valence-electron chi connectivity index (χ1n) is 11.4. The Labute approximate surface area is 181 Å². The second-order valence-corrected chi connectivity index (χ2v) is 9.34. The number of ether oxygens (including phenoxy) is 1. The van der Waals surface area contributed by atoms with Gasteiger partial charge in [0, 0.05) is 55.6 Å². The van der Waals surface area contributed by atoms with Crippen LogP contribution < -0.4 is 5.56 Å². The van der Waals surface area contributed by atoms with Gasteiger partial charge in [0.2, 0.25) is 5.56 Å². The third-order valence-corrected chi connectivity index (χ3v) is 7.43. The third-order valence-electron chi connectivity index (χ3n) is 7.43. The maximum Gasteiger partial charge on any atom is 0.248 e. The lowest BCUT2D eigenvalue weighted by atomic mass is 9.94. The number of nitrogens with zero attached hydrogens (tertiary/aromatic N) is 2. The first-order valence-corrected chi connectivity index (χ1v) is 11.4. The number of rotatable bonds is 3. The number of nitrogens with one attached hydrogen (secondary N) is 2. The molecule has 6 rings (SSSR count). The maximum atomic E-state index is 11.8. The smallest absolute Gasteiger partial charge is 0.248 e. The van der Waals surface area contributed by atoms with Crippen molar-refractivity contribution in [3.63, 3.8) is 0 Å². The minimum absolute atomic E-state index is 0.110. The topological polar surface area (TPSA) is 74.0 Å². The van der Waals surface area contributed by atoms with Crippen LogP contribution in [0.3, 0.4) is 0 Å². The number of allylic oxidation sites excluding steroid dienone is 1. The Hall–Kier alpha value is -2.70. The Morgan fingerprint density at radius 2 is 2.03 bits per heavy atom. The number of pyridine rings is 1. The summed E-state index contributed by atoms with van der Waals surface area (Å²) >= 11 is 0. The summed E-state index contributed by atoms with van der Waals surface area (Å²) in [6.45, 7) is 6.41. The number of benzene rings is 1. The number of fused-ring (bicyclic) bond motifs is 2. The number of aromatic nitrogens is 3. The molecule has 160 valence electrons. The first-order chi connectivity index (χ1) is 15.2. The molecule has 6 heteroatoms. The van der Waals surface area contributed by atoms with Gasteiger partial charge in [-0.1, -0.05) is 6.08 Å². The average Bonchev–Trinajstić information content (AvgIpc) is 3.46. The molecule has 2 aromatic heterocycles. The Morgan fingerprint density at radius 3 is 2.84 bits per heavy atom. The third kappa shape index (κ3) is 3.34. The van der Waals surface area contributed by atoms with Crippen LogP contribution in [0.15, 0.2) is 41.3 Å². The molecule has 2 N–H and O–H groups in total. The summed E-state index contributed by atoms with van der Waals surface area (Å²) in [5, 5.41) is 8.75. The summed E-state index contributed by atoms with van der Waals surface area (Å²) in [6, 6.07) is 8.68. The molecule has 6 nitrogen and oxygen atoms in total. The summed E-state index contributed by atoms with van der Waals surface area (Å²) in [7, 11) is 0. The van der Waals surface area contributed by atoms with E-state index in [9.17, 15) is 4.79 Å². The fraction of sp³-hybridized carbons (Fsp3) is 0.440. The van der Waals surface area contributed by atoms with Gasteiger partial charge in [-0.3, -0.25) is 14.8 Å². The number of aryl methyl sites for hydroxylation is 1. The normalized spacial score (nSPS) is 24.6. The maximum absolute atomic E-state index is 11.8. The van der Waals surface area contributed by atoms with E-state index in [1.165, 1.54) is 42.6 Å². The minimum Gasteiger partial charge on any atom is -0.381 e. The molecule has 2 aliphatic heterocycles. The summed E-state index contributed by atoms with van der Waals surface area (Å²) in [5.41, 5.74) is 6.66. The highest BCUT2D eigenvalue weighted by atomic mass is 16.5. The van der Waals surface area contributed by atoms with E-state index in [4.69, 9.17) is 4.74 Å². The van der Waals surface area contributed by atoms with Crippen LogP contribution in [0.5, 0.6) is 0 Å². The monoisotopic (exact) mass is 416 g/mol. The van der Waals surface area contributed by atoms with Gasteiger partial charge < -0.3 is 9.72 Å². The molecule has 1 aromatic carbocycles. The van der Waals surface area contributed by atoms with E-state index < -0.39 is 0 Å². The Bertz CT molecular complexity index is 1220. The van der Waals surface area contributed by atoms with Gasteiger partial charge in [-0.25, -0.2) is 0 Å². The molecule has 2 atom stereocenters. The molecule has 4 heterocycles.